The molecule has 3 nitrogen and oxygen atoms in total. The summed E-state index contributed by atoms with van der Waals surface area (Å²) in [5, 5.41) is 0. The molecule has 1 heterocycles. The molecule has 0 aliphatic heterocycles. The van der Waals surface area contributed by atoms with Crippen LogP contribution in [0, 0.1) is 18.8 Å². The van der Waals surface area contributed by atoms with Crippen LogP contribution in [-0.2, 0) is 6.42 Å². The molecule has 170 valence electrons. The highest BCUT2D eigenvalue weighted by atomic mass is 16.5. The minimum Gasteiger partial charge on any atom is -0.463 e. The predicted molar refractivity (Wildman–Crippen MR) is 131 cm³/mol. The summed E-state index contributed by atoms with van der Waals surface area (Å²) in [6.07, 6.45) is 19.7. The van der Waals surface area contributed by atoms with E-state index in [9.17, 15) is 0 Å². The van der Waals surface area contributed by atoms with E-state index in [1.807, 2.05) is 12.4 Å². The molecule has 1 saturated carbocycles. The van der Waals surface area contributed by atoms with E-state index >= 15 is 0 Å². The number of hydrogen-bond acceptors (Lipinski definition) is 3. The minimum atomic E-state index is 0.516. The highest BCUT2D eigenvalue weighted by molar-refractivity contribution is 5.66. The van der Waals surface area contributed by atoms with Gasteiger partial charge < -0.3 is 4.74 Å². The van der Waals surface area contributed by atoms with E-state index in [1.54, 1.807) is 0 Å². The Morgan fingerprint density at radius 1 is 0.871 bits per heavy atom. The summed E-state index contributed by atoms with van der Waals surface area (Å²) in [4.78, 5) is 8.99. The Bertz CT molecular complexity index is 763. The summed E-state index contributed by atoms with van der Waals surface area (Å²) in [7, 11) is 0. The van der Waals surface area contributed by atoms with Gasteiger partial charge in [-0.1, -0.05) is 83.4 Å². The van der Waals surface area contributed by atoms with E-state index in [2.05, 4.69) is 48.9 Å². The van der Waals surface area contributed by atoms with Crippen LogP contribution >= 0.6 is 0 Å². The van der Waals surface area contributed by atoms with E-state index in [0.717, 1.165) is 18.1 Å². The van der Waals surface area contributed by atoms with Crippen LogP contribution in [0.2, 0.25) is 0 Å². The molecule has 1 aliphatic carbocycles. The third-order valence-electron chi connectivity index (χ3n) is 6.93. The molecule has 2 aromatic rings. The highest BCUT2D eigenvalue weighted by Crippen LogP contribution is 2.32. The van der Waals surface area contributed by atoms with Crippen molar-refractivity contribution in [1.29, 1.82) is 0 Å². The first kappa shape index (κ1) is 23.8. The van der Waals surface area contributed by atoms with Gasteiger partial charge in [0.05, 0.1) is 6.61 Å². The first-order valence-corrected chi connectivity index (χ1v) is 12.7. The number of aryl methyl sites for hydroxylation is 2. The van der Waals surface area contributed by atoms with Gasteiger partial charge in [-0.05, 0) is 61.1 Å². The lowest BCUT2D eigenvalue weighted by Gasteiger charge is -2.28. The maximum absolute atomic E-state index is 5.95. The average molecular weight is 423 g/mol. The van der Waals surface area contributed by atoms with E-state index in [4.69, 9.17) is 4.74 Å². The van der Waals surface area contributed by atoms with Gasteiger partial charge in [0.25, 0.3) is 0 Å². The molecule has 31 heavy (non-hydrogen) atoms. The Morgan fingerprint density at radius 2 is 1.55 bits per heavy atom. The van der Waals surface area contributed by atoms with Gasteiger partial charge in [-0.25, -0.2) is 9.97 Å². The van der Waals surface area contributed by atoms with Gasteiger partial charge in [0, 0.05) is 18.0 Å². The molecule has 0 N–H and O–H groups in total. The molecule has 0 bridgehead atoms. The zero-order chi connectivity index (χ0) is 21.9. The normalized spacial score (nSPS) is 18.8. The first-order chi connectivity index (χ1) is 15.2. The molecule has 1 aromatic carbocycles. The van der Waals surface area contributed by atoms with Crippen molar-refractivity contribution in [3.05, 3.63) is 41.7 Å². The quantitative estimate of drug-likeness (QED) is 0.325. The lowest BCUT2D eigenvalue weighted by Crippen LogP contribution is -2.20. The van der Waals surface area contributed by atoms with Crippen molar-refractivity contribution in [3.8, 4) is 17.1 Å². The molecule has 0 unspecified atom stereocenters. The van der Waals surface area contributed by atoms with Crippen LogP contribution in [-0.4, -0.2) is 16.6 Å². The Kier molecular flexibility index (Phi) is 9.84. The van der Waals surface area contributed by atoms with E-state index in [0.29, 0.717) is 11.9 Å². The van der Waals surface area contributed by atoms with Crippen molar-refractivity contribution < 1.29 is 4.74 Å². The summed E-state index contributed by atoms with van der Waals surface area (Å²) in [5.41, 5.74) is 5.00. The molecule has 1 fully saturated rings. The molecular weight excluding hydrogens is 380 g/mol. The number of ether oxygens (including phenoxy) is 1. The van der Waals surface area contributed by atoms with Crippen molar-refractivity contribution in [2.45, 2.75) is 97.8 Å². The second kappa shape index (κ2) is 12.8. The van der Waals surface area contributed by atoms with Crippen LogP contribution in [0.25, 0.3) is 11.1 Å². The summed E-state index contributed by atoms with van der Waals surface area (Å²) in [6, 6.07) is 7.30. The van der Waals surface area contributed by atoms with Gasteiger partial charge in [-0.2, -0.15) is 0 Å². The predicted octanol–water partition coefficient (Wildman–Crippen LogP) is 7.95. The molecule has 1 aromatic heterocycles. The van der Waals surface area contributed by atoms with E-state index < -0.39 is 0 Å². The summed E-state index contributed by atoms with van der Waals surface area (Å²) >= 11 is 0. The molecule has 0 radical (unpaired) electrons. The largest absolute Gasteiger partial charge is 0.463 e. The highest BCUT2D eigenvalue weighted by Gasteiger charge is 2.21. The molecule has 1 aliphatic rings. The second-order valence-electron chi connectivity index (χ2n) is 9.55. The minimum absolute atomic E-state index is 0.516. The van der Waals surface area contributed by atoms with Crippen molar-refractivity contribution in [2.75, 3.05) is 6.61 Å². The number of rotatable bonds is 12. The Hall–Kier alpha value is -1.90. The SMILES string of the molecule is CCCCCc1ccc(-c2cnc(OCC3CCC(CCCCC)CC3)nc2)c(C)c1. The number of unbranched alkanes of at least 4 members (excludes halogenated alkanes) is 4. The van der Waals surface area contributed by atoms with Gasteiger partial charge in [-0.15, -0.1) is 0 Å². The summed E-state index contributed by atoms with van der Waals surface area (Å²) in [6.45, 7) is 7.48. The van der Waals surface area contributed by atoms with Gasteiger partial charge in [0.1, 0.15) is 0 Å². The molecule has 0 saturated heterocycles. The lowest BCUT2D eigenvalue weighted by atomic mass is 9.80. The third kappa shape index (κ3) is 7.63. The van der Waals surface area contributed by atoms with Gasteiger partial charge in [-0.3, -0.25) is 0 Å². The van der Waals surface area contributed by atoms with Crippen molar-refractivity contribution in [2.24, 2.45) is 11.8 Å². The molecule has 0 atom stereocenters. The Labute approximate surface area is 190 Å². The van der Waals surface area contributed by atoms with Gasteiger partial charge >= 0.3 is 6.01 Å². The first-order valence-electron chi connectivity index (χ1n) is 12.7. The van der Waals surface area contributed by atoms with Crippen LogP contribution in [0.1, 0.15) is 95.6 Å². The number of nitrogens with zero attached hydrogens (tertiary/aromatic N) is 2. The number of hydrogen-bond donors (Lipinski definition) is 0. The molecule has 3 rings (SSSR count). The van der Waals surface area contributed by atoms with E-state index in [1.165, 1.54) is 93.7 Å². The fourth-order valence-corrected chi connectivity index (χ4v) is 4.88. The van der Waals surface area contributed by atoms with E-state index in [-0.39, 0.29) is 0 Å². The standard InChI is InChI=1S/C28H42N2O/c1-4-6-8-10-23-12-14-25(15-13-23)21-31-28-29-19-26(20-30-28)27-17-16-24(18-22(27)3)11-9-7-5-2/h16-20,23,25H,4-15,21H2,1-3H3. The van der Waals surface area contributed by atoms with Crippen LogP contribution in [0.5, 0.6) is 6.01 Å². The topological polar surface area (TPSA) is 35.0 Å². The van der Waals surface area contributed by atoms with Crippen LogP contribution in [0.4, 0.5) is 0 Å². The fourth-order valence-electron chi connectivity index (χ4n) is 4.88. The van der Waals surface area contributed by atoms with Crippen LogP contribution < -0.4 is 4.74 Å². The molecule has 0 amide bonds. The van der Waals surface area contributed by atoms with Crippen molar-refractivity contribution in [1.82, 2.24) is 9.97 Å². The molecular formula is C28H42N2O. The number of aromatic nitrogens is 2. The fraction of sp³-hybridized carbons (Fsp3) is 0.643. The maximum atomic E-state index is 5.95. The van der Waals surface area contributed by atoms with Crippen LogP contribution in [0.3, 0.4) is 0 Å². The zero-order valence-electron chi connectivity index (χ0n) is 20.0. The van der Waals surface area contributed by atoms with Crippen LogP contribution in [0.15, 0.2) is 30.6 Å². The smallest absolute Gasteiger partial charge is 0.316 e. The third-order valence-corrected chi connectivity index (χ3v) is 6.93. The Balaban J connectivity index is 1.45. The van der Waals surface area contributed by atoms with Gasteiger partial charge in [0.2, 0.25) is 0 Å². The van der Waals surface area contributed by atoms with Crippen molar-refractivity contribution in [3.63, 3.8) is 0 Å². The second-order valence-corrected chi connectivity index (χ2v) is 9.55. The summed E-state index contributed by atoms with van der Waals surface area (Å²) < 4.78 is 5.95. The number of benzene rings is 1. The van der Waals surface area contributed by atoms with Gasteiger partial charge in [0.15, 0.2) is 0 Å². The molecule has 0 spiro atoms. The summed E-state index contributed by atoms with van der Waals surface area (Å²) in [5.74, 6) is 1.60. The zero-order valence-corrected chi connectivity index (χ0v) is 20.0. The maximum Gasteiger partial charge on any atom is 0.316 e. The lowest BCUT2D eigenvalue weighted by molar-refractivity contribution is 0.169. The molecule has 3 heteroatoms. The van der Waals surface area contributed by atoms with Crippen molar-refractivity contribution >= 4 is 0 Å². The monoisotopic (exact) mass is 422 g/mol. The Morgan fingerprint density at radius 3 is 2.23 bits per heavy atom. The average Bonchev–Trinajstić information content (AvgIpc) is 2.79.